The van der Waals surface area contributed by atoms with Crippen molar-refractivity contribution in [3.63, 3.8) is 0 Å². The van der Waals surface area contributed by atoms with Gasteiger partial charge < -0.3 is 20.1 Å². The number of aromatic nitrogens is 2. The molecule has 7 heteroatoms. The van der Waals surface area contributed by atoms with E-state index >= 15 is 0 Å². The molecule has 7 nitrogen and oxygen atoms in total. The fraction of sp³-hybridized carbons (Fsp3) is 0.545. The van der Waals surface area contributed by atoms with E-state index in [1.165, 1.54) is 6.33 Å². The highest BCUT2D eigenvalue weighted by atomic mass is 16.5. The second kappa shape index (κ2) is 5.63. The Hall–Kier alpha value is -1.89. The molecule has 3 N–H and O–H groups in total. The van der Waals surface area contributed by atoms with Crippen LogP contribution < -0.4 is 5.32 Å². The topological polar surface area (TPSA) is 104 Å². The molecular weight excluding hydrogens is 238 g/mol. The summed E-state index contributed by atoms with van der Waals surface area (Å²) in [4.78, 5) is 29.5. The minimum Gasteiger partial charge on any atom is -0.480 e. The van der Waals surface area contributed by atoms with E-state index in [0.717, 1.165) is 0 Å². The minimum atomic E-state index is -1.06. The third kappa shape index (κ3) is 3.07. The summed E-state index contributed by atoms with van der Waals surface area (Å²) < 4.78 is 5.10. The summed E-state index contributed by atoms with van der Waals surface area (Å²) in [6, 6.07) is -0.946. The molecule has 0 aromatic carbocycles. The lowest BCUT2D eigenvalue weighted by molar-refractivity contribution is -0.142. The lowest BCUT2D eigenvalue weighted by atomic mass is 10.1. The number of nitrogens with one attached hydrogen (secondary N) is 2. The summed E-state index contributed by atoms with van der Waals surface area (Å²) in [5.41, 5.74) is 0.672. The number of carboxylic acids is 1. The van der Waals surface area contributed by atoms with Gasteiger partial charge in [-0.05, 0) is 6.42 Å². The van der Waals surface area contributed by atoms with E-state index in [1.54, 1.807) is 6.20 Å². The first kappa shape index (κ1) is 12.6. The molecule has 1 amide bonds. The van der Waals surface area contributed by atoms with Crippen LogP contribution in [0.3, 0.4) is 0 Å². The second-order valence-corrected chi connectivity index (χ2v) is 4.24. The zero-order valence-electron chi connectivity index (χ0n) is 9.76. The van der Waals surface area contributed by atoms with Gasteiger partial charge >= 0.3 is 5.97 Å². The van der Waals surface area contributed by atoms with Crippen LogP contribution in [0.1, 0.15) is 12.1 Å². The summed E-state index contributed by atoms with van der Waals surface area (Å²) >= 11 is 0. The SMILES string of the molecule is O=C(N[C@H](Cc1cnc[nH]1)C(=O)O)C1CCOC1. The van der Waals surface area contributed by atoms with Gasteiger partial charge in [-0.25, -0.2) is 9.78 Å². The van der Waals surface area contributed by atoms with Gasteiger partial charge in [0.2, 0.25) is 5.91 Å². The van der Waals surface area contributed by atoms with Crippen LogP contribution in [0.5, 0.6) is 0 Å². The van der Waals surface area contributed by atoms with E-state index in [2.05, 4.69) is 15.3 Å². The molecule has 1 aliphatic heterocycles. The molecule has 2 rings (SSSR count). The van der Waals surface area contributed by atoms with Gasteiger partial charge in [-0.1, -0.05) is 0 Å². The Kier molecular flexibility index (Phi) is 3.93. The van der Waals surface area contributed by atoms with Gasteiger partial charge in [-0.3, -0.25) is 4.79 Å². The lowest BCUT2D eigenvalue weighted by Crippen LogP contribution is -2.45. The van der Waals surface area contributed by atoms with Crippen molar-refractivity contribution < 1.29 is 19.4 Å². The summed E-state index contributed by atoms with van der Waals surface area (Å²) in [5.74, 6) is -1.56. The first-order valence-corrected chi connectivity index (χ1v) is 5.75. The van der Waals surface area contributed by atoms with E-state index in [1.807, 2.05) is 0 Å². The van der Waals surface area contributed by atoms with Crippen LogP contribution in [-0.4, -0.2) is 46.2 Å². The molecule has 1 aliphatic rings. The van der Waals surface area contributed by atoms with Crippen LogP contribution in [0.25, 0.3) is 0 Å². The number of carbonyl (C=O) groups is 2. The fourth-order valence-corrected chi connectivity index (χ4v) is 1.85. The van der Waals surface area contributed by atoms with Gasteiger partial charge in [0.25, 0.3) is 0 Å². The quantitative estimate of drug-likeness (QED) is 0.659. The van der Waals surface area contributed by atoms with Gasteiger partial charge in [0.1, 0.15) is 6.04 Å². The molecule has 98 valence electrons. The number of hydrogen-bond acceptors (Lipinski definition) is 4. The third-order valence-electron chi connectivity index (χ3n) is 2.89. The maximum atomic E-state index is 11.8. The zero-order chi connectivity index (χ0) is 13.0. The molecule has 0 aliphatic carbocycles. The van der Waals surface area contributed by atoms with Gasteiger partial charge in [-0.2, -0.15) is 0 Å². The smallest absolute Gasteiger partial charge is 0.326 e. The summed E-state index contributed by atoms with van der Waals surface area (Å²) in [6.45, 7) is 0.915. The van der Waals surface area contributed by atoms with Gasteiger partial charge in [-0.15, -0.1) is 0 Å². The van der Waals surface area contributed by atoms with Crippen LogP contribution in [0, 0.1) is 5.92 Å². The largest absolute Gasteiger partial charge is 0.480 e. The van der Waals surface area contributed by atoms with Crippen LogP contribution in [0.2, 0.25) is 0 Å². The number of imidazole rings is 1. The highest BCUT2D eigenvalue weighted by Gasteiger charge is 2.28. The predicted molar refractivity (Wildman–Crippen MR) is 60.8 cm³/mol. The second-order valence-electron chi connectivity index (χ2n) is 4.24. The fourth-order valence-electron chi connectivity index (χ4n) is 1.85. The number of carboxylic acid groups (broad SMARTS) is 1. The molecule has 0 saturated carbocycles. The van der Waals surface area contributed by atoms with Crippen molar-refractivity contribution in [2.45, 2.75) is 18.9 Å². The number of H-pyrrole nitrogens is 1. The van der Waals surface area contributed by atoms with Crippen molar-refractivity contribution in [3.05, 3.63) is 18.2 Å². The Bertz CT molecular complexity index is 412. The van der Waals surface area contributed by atoms with Crippen molar-refractivity contribution in [1.29, 1.82) is 0 Å². The summed E-state index contributed by atoms with van der Waals surface area (Å²) in [5, 5.41) is 11.6. The lowest BCUT2D eigenvalue weighted by Gasteiger charge is -2.16. The van der Waals surface area contributed by atoms with Crippen molar-refractivity contribution in [2.75, 3.05) is 13.2 Å². The molecule has 1 aromatic heterocycles. The summed E-state index contributed by atoms with van der Waals surface area (Å²) in [6.07, 6.45) is 3.85. The van der Waals surface area contributed by atoms with Crippen LogP contribution in [0.4, 0.5) is 0 Å². The first-order valence-electron chi connectivity index (χ1n) is 5.75. The average molecular weight is 253 g/mol. The highest BCUT2D eigenvalue weighted by molar-refractivity contribution is 5.85. The van der Waals surface area contributed by atoms with Crippen molar-refractivity contribution in [2.24, 2.45) is 5.92 Å². The molecule has 0 bridgehead atoms. The molecule has 18 heavy (non-hydrogen) atoms. The molecule has 1 saturated heterocycles. The van der Waals surface area contributed by atoms with E-state index in [4.69, 9.17) is 9.84 Å². The van der Waals surface area contributed by atoms with Crippen LogP contribution in [-0.2, 0) is 20.7 Å². The Morgan fingerprint density at radius 3 is 3.06 bits per heavy atom. The van der Waals surface area contributed by atoms with Crippen LogP contribution >= 0.6 is 0 Å². The first-order chi connectivity index (χ1) is 8.66. The Morgan fingerprint density at radius 2 is 2.50 bits per heavy atom. The van der Waals surface area contributed by atoms with E-state index in [0.29, 0.717) is 25.3 Å². The number of rotatable bonds is 5. The van der Waals surface area contributed by atoms with Gasteiger partial charge in [0.05, 0.1) is 18.9 Å². The van der Waals surface area contributed by atoms with E-state index < -0.39 is 12.0 Å². The molecule has 1 fully saturated rings. The number of nitrogens with zero attached hydrogens (tertiary/aromatic N) is 1. The number of ether oxygens (including phenoxy) is 1. The number of carbonyl (C=O) groups excluding carboxylic acids is 1. The molecule has 1 aromatic rings. The molecule has 1 unspecified atom stereocenters. The standard InChI is InChI=1S/C11H15N3O4/c15-10(7-1-2-18-5-7)14-9(11(16)17)3-8-4-12-6-13-8/h4,6-7,9H,1-3,5H2,(H,12,13)(H,14,15)(H,16,17)/t7?,9-/m1/s1. The van der Waals surface area contributed by atoms with Gasteiger partial charge in [0, 0.05) is 24.9 Å². The highest BCUT2D eigenvalue weighted by Crippen LogP contribution is 2.12. The van der Waals surface area contributed by atoms with Gasteiger partial charge in [0.15, 0.2) is 0 Å². The Labute approximate surface area is 104 Å². The van der Waals surface area contributed by atoms with Crippen molar-refractivity contribution >= 4 is 11.9 Å². The monoisotopic (exact) mass is 253 g/mol. The third-order valence-corrected chi connectivity index (χ3v) is 2.89. The number of aromatic amines is 1. The molecule has 2 heterocycles. The Balaban J connectivity index is 1.93. The maximum Gasteiger partial charge on any atom is 0.326 e. The number of amides is 1. The summed E-state index contributed by atoms with van der Waals surface area (Å²) in [7, 11) is 0. The molecule has 2 atom stereocenters. The maximum absolute atomic E-state index is 11.8. The molecule has 0 radical (unpaired) electrons. The van der Waals surface area contributed by atoms with Crippen LogP contribution in [0.15, 0.2) is 12.5 Å². The van der Waals surface area contributed by atoms with Crippen molar-refractivity contribution in [3.8, 4) is 0 Å². The minimum absolute atomic E-state index is 0.189. The number of aliphatic carboxylic acids is 1. The number of hydrogen-bond donors (Lipinski definition) is 3. The normalized spacial score (nSPS) is 20.6. The zero-order valence-corrected chi connectivity index (χ0v) is 9.76. The van der Waals surface area contributed by atoms with E-state index in [9.17, 15) is 9.59 Å². The van der Waals surface area contributed by atoms with Crippen molar-refractivity contribution in [1.82, 2.24) is 15.3 Å². The molecule has 0 spiro atoms. The van der Waals surface area contributed by atoms with E-state index in [-0.39, 0.29) is 18.2 Å². The Morgan fingerprint density at radius 1 is 1.67 bits per heavy atom. The molecular formula is C11H15N3O4. The average Bonchev–Trinajstić information content (AvgIpc) is 3.00. The predicted octanol–water partition coefficient (Wildman–Crippen LogP) is -0.442.